The van der Waals surface area contributed by atoms with Crippen LogP contribution in [0.1, 0.15) is 20.3 Å². The lowest BCUT2D eigenvalue weighted by Gasteiger charge is -2.19. The molecule has 2 atom stereocenters. The summed E-state index contributed by atoms with van der Waals surface area (Å²) in [5, 5.41) is 4.23. The van der Waals surface area contributed by atoms with Gasteiger partial charge in [-0.15, -0.1) is 0 Å². The molecule has 124 valence electrons. The Morgan fingerprint density at radius 1 is 1.26 bits per heavy atom. The van der Waals surface area contributed by atoms with Crippen molar-refractivity contribution in [2.45, 2.75) is 26.3 Å². The van der Waals surface area contributed by atoms with Gasteiger partial charge in [-0.25, -0.2) is 9.65 Å². The zero-order chi connectivity index (χ0) is 16.9. The summed E-state index contributed by atoms with van der Waals surface area (Å²) in [5.74, 6) is -0.127. The first-order chi connectivity index (χ1) is 10.9. The molecule has 7 heteroatoms. The lowest BCUT2D eigenvalue weighted by Crippen LogP contribution is -2.33. The van der Waals surface area contributed by atoms with Gasteiger partial charge in [0.25, 0.3) is 0 Å². The Morgan fingerprint density at radius 3 is 2.70 bits per heavy atom. The number of rotatable bonds is 7. The van der Waals surface area contributed by atoms with E-state index in [1.807, 2.05) is 37.3 Å². The van der Waals surface area contributed by atoms with E-state index in [4.69, 9.17) is 20.5 Å². The minimum absolute atomic E-state index is 0.307. The van der Waals surface area contributed by atoms with Crippen LogP contribution in [0.25, 0.3) is 10.8 Å². The van der Waals surface area contributed by atoms with Crippen molar-refractivity contribution in [2.24, 2.45) is 0 Å². The van der Waals surface area contributed by atoms with Gasteiger partial charge in [-0.05, 0) is 24.8 Å². The maximum absolute atomic E-state index is 12.4. The van der Waals surface area contributed by atoms with Crippen LogP contribution in [0, 0.1) is 0 Å². The Labute approximate surface area is 140 Å². The predicted molar refractivity (Wildman–Crippen MR) is 91.9 cm³/mol. The number of benzene rings is 2. The Hall–Kier alpha value is -1.55. The Balaban J connectivity index is 2.11. The van der Waals surface area contributed by atoms with E-state index >= 15 is 0 Å². The number of hydrogen-bond acceptors (Lipinski definition) is 4. The molecule has 0 bridgehead atoms. The van der Waals surface area contributed by atoms with Crippen LogP contribution in [0.5, 0.6) is 5.75 Å². The van der Waals surface area contributed by atoms with Gasteiger partial charge in [0.2, 0.25) is 0 Å². The average Bonchev–Trinajstić information content (AvgIpc) is 2.52. The number of carbonyl (C=O) groups excluding carboxylic acids is 1. The third-order valence-electron chi connectivity index (χ3n) is 3.12. The van der Waals surface area contributed by atoms with E-state index in [1.165, 1.54) is 6.92 Å². The maximum atomic E-state index is 12.4. The van der Waals surface area contributed by atoms with Gasteiger partial charge in [-0.2, -0.15) is 0 Å². The van der Waals surface area contributed by atoms with Gasteiger partial charge in [-0.1, -0.05) is 43.3 Å². The molecule has 0 saturated heterocycles. The molecule has 0 radical (unpaired) electrons. The summed E-state index contributed by atoms with van der Waals surface area (Å²) in [4.78, 5) is 11.7. The highest BCUT2D eigenvalue weighted by Crippen LogP contribution is 2.50. The smallest absolute Gasteiger partial charge is 0.409 e. The highest BCUT2D eigenvalue weighted by atomic mass is 35.7. The van der Waals surface area contributed by atoms with Gasteiger partial charge in [-0.3, -0.25) is 4.79 Å². The van der Waals surface area contributed by atoms with Gasteiger partial charge in [0.1, 0.15) is 11.8 Å². The summed E-state index contributed by atoms with van der Waals surface area (Å²) >= 11 is 5.96. The van der Waals surface area contributed by atoms with E-state index in [0.717, 1.165) is 10.8 Å². The minimum Gasteiger partial charge on any atom is -0.465 e. The van der Waals surface area contributed by atoms with Gasteiger partial charge < -0.3 is 9.26 Å². The standard InChI is InChI=1S/C16H19ClNO4P/c1-3-11-21-16(19)12(2)18-23(17,20)22-15-10-6-8-13-7-4-5-9-14(13)15/h4-10,12H,3,11H2,1-2H3,(H,18,20). The first-order valence-corrected chi connectivity index (χ1v) is 9.87. The molecule has 2 rings (SSSR count). The van der Waals surface area contributed by atoms with E-state index in [-0.39, 0.29) is 0 Å². The molecule has 0 aromatic heterocycles. The molecule has 0 spiro atoms. The average molecular weight is 356 g/mol. The van der Waals surface area contributed by atoms with Crippen LogP contribution in [-0.4, -0.2) is 18.6 Å². The number of esters is 1. The summed E-state index contributed by atoms with van der Waals surface area (Å²) in [5.41, 5.74) is 0. The summed E-state index contributed by atoms with van der Waals surface area (Å²) in [6.07, 6.45) is 0.712. The van der Waals surface area contributed by atoms with Gasteiger partial charge in [0, 0.05) is 16.6 Å². The molecule has 0 fully saturated rings. The fraction of sp³-hybridized carbons (Fsp3) is 0.312. The molecule has 2 aromatic carbocycles. The van der Waals surface area contributed by atoms with Crippen LogP contribution < -0.4 is 9.61 Å². The first kappa shape index (κ1) is 17.8. The lowest BCUT2D eigenvalue weighted by molar-refractivity contribution is -0.145. The normalized spacial score (nSPS) is 14.9. The van der Waals surface area contributed by atoms with Crippen molar-refractivity contribution < 1.29 is 18.6 Å². The van der Waals surface area contributed by atoms with Gasteiger partial charge >= 0.3 is 12.8 Å². The highest BCUT2D eigenvalue weighted by molar-refractivity contribution is 7.84. The highest BCUT2D eigenvalue weighted by Gasteiger charge is 2.28. The topological polar surface area (TPSA) is 64.6 Å². The first-order valence-electron chi connectivity index (χ1n) is 7.34. The van der Waals surface area contributed by atoms with Crippen molar-refractivity contribution in [1.82, 2.24) is 5.09 Å². The van der Waals surface area contributed by atoms with Crippen LogP contribution in [0.4, 0.5) is 0 Å². The molecule has 0 aliphatic heterocycles. The monoisotopic (exact) mass is 355 g/mol. The third-order valence-corrected chi connectivity index (χ3v) is 4.74. The largest absolute Gasteiger partial charge is 0.465 e. The number of nitrogens with one attached hydrogen (secondary N) is 1. The molecule has 1 N–H and O–H groups in total. The van der Waals surface area contributed by atoms with E-state index in [9.17, 15) is 9.36 Å². The molecule has 5 nitrogen and oxygen atoms in total. The van der Waals surface area contributed by atoms with Crippen molar-refractivity contribution in [1.29, 1.82) is 0 Å². The molecular formula is C16H19ClNO4P. The van der Waals surface area contributed by atoms with Gasteiger partial charge in [0.05, 0.1) is 6.61 Å². The number of fused-ring (bicyclic) bond motifs is 1. The molecule has 23 heavy (non-hydrogen) atoms. The molecule has 0 saturated carbocycles. The second-order valence-corrected chi connectivity index (χ2v) is 7.80. The van der Waals surface area contributed by atoms with Crippen LogP contribution in [0.2, 0.25) is 0 Å². The Kier molecular flexibility index (Phi) is 6.05. The quantitative estimate of drug-likeness (QED) is 0.585. The second-order valence-electron chi connectivity index (χ2n) is 5.07. The number of ether oxygens (including phenoxy) is 1. The number of carbonyl (C=O) groups is 1. The lowest BCUT2D eigenvalue weighted by atomic mass is 10.1. The maximum Gasteiger partial charge on any atom is 0.409 e. The van der Waals surface area contributed by atoms with Crippen molar-refractivity contribution >= 4 is 34.9 Å². The van der Waals surface area contributed by atoms with Crippen molar-refractivity contribution in [3.05, 3.63) is 42.5 Å². The SMILES string of the molecule is CCCOC(=O)C(C)NP(=O)(Cl)Oc1cccc2ccccc12. The van der Waals surface area contributed by atoms with Crippen LogP contribution >= 0.6 is 18.1 Å². The predicted octanol–water partition coefficient (Wildman–Crippen LogP) is 4.50. The fourth-order valence-corrected chi connectivity index (χ4v) is 3.73. The molecule has 0 heterocycles. The third kappa shape index (κ3) is 4.96. The molecular weight excluding hydrogens is 337 g/mol. The summed E-state index contributed by atoms with van der Waals surface area (Å²) in [6, 6.07) is 12.1. The van der Waals surface area contributed by atoms with E-state index in [2.05, 4.69) is 5.09 Å². The zero-order valence-electron chi connectivity index (χ0n) is 13.0. The Bertz CT molecular complexity index is 732. The van der Waals surface area contributed by atoms with Crippen molar-refractivity contribution in [2.75, 3.05) is 6.61 Å². The summed E-state index contributed by atoms with van der Waals surface area (Å²) in [7, 11) is 0. The van der Waals surface area contributed by atoms with E-state index < -0.39 is 18.9 Å². The molecule has 0 aliphatic rings. The van der Waals surface area contributed by atoms with Crippen LogP contribution in [0.15, 0.2) is 42.5 Å². The molecule has 0 aliphatic carbocycles. The van der Waals surface area contributed by atoms with Crippen molar-refractivity contribution in [3.63, 3.8) is 0 Å². The fourth-order valence-electron chi connectivity index (χ4n) is 2.04. The summed E-state index contributed by atoms with van der Waals surface area (Å²) in [6.45, 7) is -0.0148. The van der Waals surface area contributed by atoms with E-state index in [1.54, 1.807) is 12.1 Å². The summed E-state index contributed by atoms with van der Waals surface area (Å²) < 4.78 is 22.9. The van der Waals surface area contributed by atoms with Crippen molar-refractivity contribution in [3.8, 4) is 5.75 Å². The number of halogens is 1. The second kappa shape index (κ2) is 7.82. The van der Waals surface area contributed by atoms with Gasteiger partial charge in [0.15, 0.2) is 0 Å². The Morgan fingerprint density at radius 2 is 1.96 bits per heavy atom. The molecule has 2 unspecified atom stereocenters. The molecule has 0 amide bonds. The van der Waals surface area contributed by atoms with Crippen LogP contribution in [-0.2, 0) is 14.1 Å². The van der Waals surface area contributed by atoms with Crippen LogP contribution in [0.3, 0.4) is 0 Å². The minimum atomic E-state index is -3.74. The number of hydrogen-bond donors (Lipinski definition) is 1. The zero-order valence-corrected chi connectivity index (χ0v) is 14.6. The molecule has 2 aromatic rings. The van der Waals surface area contributed by atoms with E-state index in [0.29, 0.717) is 18.8 Å².